The van der Waals surface area contributed by atoms with E-state index in [4.69, 9.17) is 5.11 Å². The highest BCUT2D eigenvalue weighted by atomic mass is 79.9. The monoisotopic (exact) mass is 305 g/mol. The molecule has 0 saturated carbocycles. The van der Waals surface area contributed by atoms with Crippen LogP contribution < -0.4 is 4.90 Å². The maximum atomic E-state index is 10.7. The number of carboxylic acid groups (broad SMARTS) is 1. The van der Waals surface area contributed by atoms with Gasteiger partial charge in [0.2, 0.25) is 0 Å². The summed E-state index contributed by atoms with van der Waals surface area (Å²) >= 11 is 5.07. The number of hydrogen-bond donors (Lipinski definition) is 1. The lowest BCUT2D eigenvalue weighted by molar-refractivity contribution is -0.139. The van der Waals surface area contributed by atoms with Crippen LogP contribution in [0, 0.1) is 5.41 Å². The summed E-state index contributed by atoms with van der Waals surface area (Å²) in [6, 6.07) is 4.03. The van der Waals surface area contributed by atoms with Crippen molar-refractivity contribution in [2.75, 3.05) is 18.5 Å². The number of halogens is 1. The van der Waals surface area contributed by atoms with Gasteiger partial charge < -0.3 is 10.0 Å². The molecule has 90 valence electrons. The van der Waals surface area contributed by atoms with Crippen LogP contribution in [0.15, 0.2) is 15.9 Å². The van der Waals surface area contributed by atoms with Crippen molar-refractivity contribution in [3.8, 4) is 0 Å². The summed E-state index contributed by atoms with van der Waals surface area (Å²) in [6.07, 6.45) is 0.184. The quantitative estimate of drug-likeness (QED) is 0.906. The maximum Gasteiger partial charge on any atom is 0.303 e. The molecule has 1 aromatic rings. The van der Waals surface area contributed by atoms with Crippen molar-refractivity contribution in [2.24, 2.45) is 5.41 Å². The molecule has 1 heterocycles. The summed E-state index contributed by atoms with van der Waals surface area (Å²) in [7, 11) is 1.99. The molecule has 0 aliphatic rings. The summed E-state index contributed by atoms with van der Waals surface area (Å²) in [5.74, 6) is -0.745. The van der Waals surface area contributed by atoms with Gasteiger partial charge in [0, 0.05) is 13.6 Å². The zero-order valence-corrected chi connectivity index (χ0v) is 12.1. The van der Waals surface area contributed by atoms with Crippen molar-refractivity contribution < 1.29 is 9.90 Å². The van der Waals surface area contributed by atoms with Crippen LogP contribution in [-0.2, 0) is 4.79 Å². The molecule has 0 unspecified atom stereocenters. The van der Waals surface area contributed by atoms with Gasteiger partial charge in [-0.1, -0.05) is 13.8 Å². The Hall–Kier alpha value is -0.550. The van der Waals surface area contributed by atoms with E-state index >= 15 is 0 Å². The standard InChI is InChI=1S/C11H16BrNO2S/c1-11(2,6-10(14)15)7-13(3)9-5-4-8(12)16-9/h4-5H,6-7H2,1-3H3,(H,14,15). The number of carboxylic acids is 1. The van der Waals surface area contributed by atoms with Gasteiger partial charge in [-0.05, 0) is 33.5 Å². The average molecular weight is 306 g/mol. The SMILES string of the molecule is CN(CC(C)(C)CC(=O)O)c1ccc(Br)s1. The topological polar surface area (TPSA) is 40.5 Å². The third kappa shape index (κ3) is 4.14. The normalized spacial score (nSPS) is 11.5. The van der Waals surface area contributed by atoms with Crippen LogP contribution in [0.3, 0.4) is 0 Å². The van der Waals surface area contributed by atoms with Gasteiger partial charge >= 0.3 is 5.97 Å². The van der Waals surface area contributed by atoms with E-state index in [0.717, 1.165) is 15.3 Å². The van der Waals surface area contributed by atoms with E-state index in [1.54, 1.807) is 11.3 Å². The van der Waals surface area contributed by atoms with Gasteiger partial charge in [0.15, 0.2) is 0 Å². The lowest BCUT2D eigenvalue weighted by atomic mass is 9.89. The fraction of sp³-hybridized carbons (Fsp3) is 0.545. The van der Waals surface area contributed by atoms with Crippen LogP contribution in [0.2, 0.25) is 0 Å². The number of aliphatic carboxylic acids is 1. The van der Waals surface area contributed by atoms with Crippen LogP contribution in [-0.4, -0.2) is 24.7 Å². The van der Waals surface area contributed by atoms with Crippen molar-refractivity contribution in [3.63, 3.8) is 0 Å². The van der Waals surface area contributed by atoms with E-state index < -0.39 is 5.97 Å². The van der Waals surface area contributed by atoms with Gasteiger partial charge in [0.25, 0.3) is 0 Å². The molecule has 5 heteroatoms. The minimum absolute atomic E-state index is 0.184. The van der Waals surface area contributed by atoms with E-state index in [-0.39, 0.29) is 11.8 Å². The second-order valence-electron chi connectivity index (χ2n) is 4.67. The van der Waals surface area contributed by atoms with Crippen LogP contribution in [0.1, 0.15) is 20.3 Å². The van der Waals surface area contributed by atoms with Crippen molar-refractivity contribution in [2.45, 2.75) is 20.3 Å². The van der Waals surface area contributed by atoms with Crippen molar-refractivity contribution in [1.29, 1.82) is 0 Å². The summed E-state index contributed by atoms with van der Waals surface area (Å²) in [5, 5.41) is 9.96. The lowest BCUT2D eigenvalue weighted by Crippen LogP contribution is -2.32. The van der Waals surface area contributed by atoms with Gasteiger partial charge in [-0.2, -0.15) is 0 Å². The third-order valence-electron chi connectivity index (χ3n) is 2.23. The summed E-state index contributed by atoms with van der Waals surface area (Å²) in [5.41, 5.74) is -0.225. The molecule has 0 radical (unpaired) electrons. The number of nitrogens with zero attached hydrogens (tertiary/aromatic N) is 1. The Morgan fingerprint density at radius 3 is 2.62 bits per heavy atom. The van der Waals surface area contributed by atoms with Crippen LogP contribution in [0.4, 0.5) is 5.00 Å². The predicted molar refractivity (Wildman–Crippen MR) is 71.3 cm³/mol. The molecule has 16 heavy (non-hydrogen) atoms. The zero-order chi connectivity index (χ0) is 12.3. The maximum absolute atomic E-state index is 10.7. The molecule has 0 aromatic carbocycles. The number of thiophene rings is 1. The highest BCUT2D eigenvalue weighted by Crippen LogP contribution is 2.31. The van der Waals surface area contributed by atoms with Crippen molar-refractivity contribution in [3.05, 3.63) is 15.9 Å². The molecule has 0 fully saturated rings. The van der Waals surface area contributed by atoms with Crippen LogP contribution >= 0.6 is 27.3 Å². The molecule has 1 rings (SSSR count). The van der Waals surface area contributed by atoms with E-state index in [9.17, 15) is 4.79 Å². The second kappa shape index (κ2) is 5.19. The first-order valence-electron chi connectivity index (χ1n) is 4.98. The first-order valence-corrected chi connectivity index (χ1v) is 6.59. The number of hydrogen-bond acceptors (Lipinski definition) is 3. The molecular weight excluding hydrogens is 290 g/mol. The van der Waals surface area contributed by atoms with E-state index in [1.807, 2.05) is 33.0 Å². The Bertz CT molecular complexity index is 376. The Morgan fingerprint density at radius 1 is 1.56 bits per heavy atom. The molecule has 0 spiro atoms. The molecule has 1 aromatic heterocycles. The molecule has 0 amide bonds. The fourth-order valence-electron chi connectivity index (χ4n) is 1.70. The van der Waals surface area contributed by atoms with Gasteiger partial charge in [-0.3, -0.25) is 4.79 Å². The minimum atomic E-state index is -0.745. The third-order valence-corrected chi connectivity index (χ3v) is 3.97. The van der Waals surface area contributed by atoms with Gasteiger partial charge in [0.1, 0.15) is 0 Å². The molecule has 3 nitrogen and oxygen atoms in total. The van der Waals surface area contributed by atoms with E-state index in [0.29, 0.717) is 0 Å². The Balaban J connectivity index is 2.63. The number of anilines is 1. The molecule has 0 saturated heterocycles. The highest BCUT2D eigenvalue weighted by molar-refractivity contribution is 9.11. The van der Waals surface area contributed by atoms with Crippen molar-refractivity contribution in [1.82, 2.24) is 0 Å². The molecular formula is C11H16BrNO2S. The predicted octanol–water partition coefficient (Wildman–Crippen LogP) is 3.45. The highest BCUT2D eigenvalue weighted by Gasteiger charge is 2.24. The fourth-order valence-corrected chi connectivity index (χ4v) is 3.02. The smallest absolute Gasteiger partial charge is 0.303 e. The molecule has 0 atom stereocenters. The summed E-state index contributed by atoms with van der Waals surface area (Å²) < 4.78 is 1.09. The largest absolute Gasteiger partial charge is 0.481 e. The Kier molecular flexibility index (Phi) is 4.38. The lowest BCUT2D eigenvalue weighted by Gasteiger charge is -2.29. The second-order valence-corrected chi connectivity index (χ2v) is 7.11. The Labute approximate surface area is 108 Å². The molecule has 0 bridgehead atoms. The summed E-state index contributed by atoms with van der Waals surface area (Å²) in [4.78, 5) is 12.8. The Morgan fingerprint density at radius 2 is 2.19 bits per heavy atom. The van der Waals surface area contributed by atoms with Gasteiger partial charge in [-0.15, -0.1) is 11.3 Å². The van der Waals surface area contributed by atoms with Gasteiger partial charge in [-0.25, -0.2) is 0 Å². The summed E-state index contributed by atoms with van der Waals surface area (Å²) in [6.45, 7) is 4.67. The van der Waals surface area contributed by atoms with E-state index in [1.165, 1.54) is 0 Å². The zero-order valence-electron chi connectivity index (χ0n) is 9.66. The van der Waals surface area contributed by atoms with Crippen LogP contribution in [0.5, 0.6) is 0 Å². The molecule has 0 aliphatic carbocycles. The van der Waals surface area contributed by atoms with Gasteiger partial charge in [0.05, 0.1) is 15.2 Å². The first kappa shape index (κ1) is 13.5. The number of rotatable bonds is 5. The average Bonchev–Trinajstić information content (AvgIpc) is 2.47. The first-order chi connectivity index (χ1) is 7.30. The van der Waals surface area contributed by atoms with Crippen molar-refractivity contribution >= 4 is 38.2 Å². The van der Waals surface area contributed by atoms with Crippen LogP contribution in [0.25, 0.3) is 0 Å². The molecule has 0 aliphatic heterocycles. The van der Waals surface area contributed by atoms with E-state index in [2.05, 4.69) is 20.8 Å². The number of carbonyl (C=O) groups is 1. The minimum Gasteiger partial charge on any atom is -0.481 e. The molecule has 1 N–H and O–H groups in total.